The number of para-hydroxylation sites is 1. The first-order valence-corrected chi connectivity index (χ1v) is 15.3. The summed E-state index contributed by atoms with van der Waals surface area (Å²) in [7, 11) is 0.216. The van der Waals surface area contributed by atoms with Crippen LogP contribution in [0.1, 0.15) is 5.56 Å². The minimum Gasteiger partial charge on any atom is -0.361 e. The van der Waals surface area contributed by atoms with Gasteiger partial charge in [0, 0.05) is 53.5 Å². The zero-order valence-electron chi connectivity index (χ0n) is 20.6. The second-order valence-electron chi connectivity index (χ2n) is 10.2. The van der Waals surface area contributed by atoms with E-state index < -0.39 is 8.07 Å². The van der Waals surface area contributed by atoms with Crippen LogP contribution in [0.15, 0.2) is 109 Å². The third-order valence-electron chi connectivity index (χ3n) is 7.45. The average molecular weight is 474 g/mol. The number of nitrogens with zero attached hydrogens (tertiary/aromatic N) is 3. The first-order chi connectivity index (χ1) is 17.0. The van der Waals surface area contributed by atoms with Crippen LogP contribution in [0.25, 0.3) is 21.8 Å². The summed E-state index contributed by atoms with van der Waals surface area (Å²) in [6.07, 6.45) is 4.30. The number of anilines is 1. The van der Waals surface area contributed by atoms with E-state index in [0.717, 1.165) is 13.2 Å². The van der Waals surface area contributed by atoms with Gasteiger partial charge in [-0.05, 0) is 29.8 Å². The number of hydrogen-bond donors (Lipinski definition) is 0. The summed E-state index contributed by atoms with van der Waals surface area (Å²) < 4.78 is 2.47. The molecule has 3 nitrogen and oxygen atoms in total. The highest BCUT2D eigenvalue weighted by atomic mass is 28.3. The minimum atomic E-state index is -1.90. The van der Waals surface area contributed by atoms with Crippen LogP contribution in [-0.4, -0.2) is 31.3 Å². The van der Waals surface area contributed by atoms with Gasteiger partial charge in [0.1, 0.15) is 8.07 Å². The van der Waals surface area contributed by atoms with Crippen molar-refractivity contribution in [3.05, 3.63) is 115 Å². The summed E-state index contributed by atoms with van der Waals surface area (Å²) >= 11 is 0. The fourth-order valence-corrected chi connectivity index (χ4v) is 7.68. The van der Waals surface area contributed by atoms with Gasteiger partial charge in [0.05, 0.1) is 6.67 Å². The molecule has 0 spiro atoms. The van der Waals surface area contributed by atoms with Crippen molar-refractivity contribution in [1.82, 2.24) is 9.47 Å². The van der Waals surface area contributed by atoms with E-state index in [1.807, 2.05) is 0 Å². The molecule has 0 bridgehead atoms. The maximum Gasteiger partial charge on any atom is 0.112 e. The number of hydrogen-bond acceptors (Lipinski definition) is 2. The molecule has 35 heavy (non-hydrogen) atoms. The van der Waals surface area contributed by atoms with Gasteiger partial charge in [-0.2, -0.15) is 0 Å². The Bertz CT molecular complexity index is 1550. The van der Waals surface area contributed by atoms with Gasteiger partial charge in [-0.15, -0.1) is 0 Å². The molecule has 1 aliphatic rings. The van der Waals surface area contributed by atoms with Crippen molar-refractivity contribution in [3.8, 4) is 0 Å². The Morgan fingerprint density at radius 2 is 1.43 bits per heavy atom. The normalized spacial score (nSPS) is 13.9. The van der Waals surface area contributed by atoms with Gasteiger partial charge in [-0.25, -0.2) is 0 Å². The Morgan fingerprint density at radius 1 is 0.686 bits per heavy atom. The maximum absolute atomic E-state index is 2.47. The molecule has 5 aromatic rings. The van der Waals surface area contributed by atoms with Gasteiger partial charge in [-0.3, -0.25) is 0 Å². The fourth-order valence-electron chi connectivity index (χ4n) is 5.32. The molecule has 4 aromatic carbocycles. The number of rotatable bonds is 5. The molecule has 1 aromatic heterocycles. The minimum absolute atomic E-state index is 0.880. The van der Waals surface area contributed by atoms with Crippen molar-refractivity contribution in [3.63, 3.8) is 0 Å². The highest BCUT2D eigenvalue weighted by Gasteiger charge is 2.28. The summed E-state index contributed by atoms with van der Waals surface area (Å²) in [5.41, 5.74) is 5.20. The summed E-state index contributed by atoms with van der Waals surface area (Å²) in [4.78, 5) is 4.52. The van der Waals surface area contributed by atoms with Crippen molar-refractivity contribution in [2.45, 2.75) is 19.6 Å². The monoisotopic (exact) mass is 473 g/mol. The molecule has 0 atom stereocenters. The van der Waals surface area contributed by atoms with E-state index in [-0.39, 0.29) is 0 Å². The van der Waals surface area contributed by atoms with E-state index in [1.165, 1.54) is 43.4 Å². The van der Waals surface area contributed by atoms with Gasteiger partial charge in [0.25, 0.3) is 0 Å². The van der Waals surface area contributed by atoms with E-state index in [9.17, 15) is 0 Å². The number of fused-ring (bicyclic) bond motifs is 3. The second-order valence-corrected chi connectivity index (χ2v) is 14.6. The molecule has 0 unspecified atom stereocenters. The SMILES string of the molecule is CN1C=CN(c2cccc([Si](C)(C)c3ccc4c(c3)c3ccccc3n4Cc3ccccc3)c2)C1. The Balaban J connectivity index is 1.44. The quantitative estimate of drug-likeness (QED) is 0.297. The topological polar surface area (TPSA) is 11.4 Å². The Kier molecular flexibility index (Phi) is 5.26. The lowest BCUT2D eigenvalue weighted by atomic mass is 10.1. The molecule has 2 heterocycles. The van der Waals surface area contributed by atoms with Crippen LogP contribution < -0.4 is 15.3 Å². The van der Waals surface area contributed by atoms with Crippen molar-refractivity contribution in [2.24, 2.45) is 0 Å². The third kappa shape index (κ3) is 3.84. The molecular formula is C31H31N3Si. The van der Waals surface area contributed by atoms with Crippen molar-refractivity contribution >= 4 is 45.9 Å². The molecule has 0 fully saturated rings. The van der Waals surface area contributed by atoms with E-state index in [2.05, 4.69) is 144 Å². The lowest BCUT2D eigenvalue weighted by Gasteiger charge is -2.26. The van der Waals surface area contributed by atoms with Crippen LogP contribution in [-0.2, 0) is 6.54 Å². The lowest BCUT2D eigenvalue weighted by molar-refractivity contribution is 0.496. The Hall–Kier alpha value is -3.76. The summed E-state index contributed by atoms with van der Waals surface area (Å²) in [5, 5.41) is 5.63. The van der Waals surface area contributed by atoms with E-state index >= 15 is 0 Å². The lowest BCUT2D eigenvalue weighted by Crippen LogP contribution is -2.52. The predicted octanol–water partition coefficient (Wildman–Crippen LogP) is 5.85. The second kappa shape index (κ2) is 8.47. The number of benzene rings is 4. The van der Waals surface area contributed by atoms with Crippen molar-refractivity contribution < 1.29 is 0 Å². The van der Waals surface area contributed by atoms with Crippen LogP contribution in [0, 0.1) is 0 Å². The molecule has 4 heteroatoms. The van der Waals surface area contributed by atoms with E-state index in [1.54, 1.807) is 0 Å². The van der Waals surface area contributed by atoms with Crippen LogP contribution >= 0.6 is 0 Å². The molecule has 0 saturated carbocycles. The summed E-state index contributed by atoms with van der Waals surface area (Å²) in [6, 6.07) is 36.0. The van der Waals surface area contributed by atoms with Gasteiger partial charge < -0.3 is 14.4 Å². The molecule has 0 aliphatic carbocycles. The molecule has 0 amide bonds. The highest BCUT2D eigenvalue weighted by Crippen LogP contribution is 2.30. The fraction of sp³-hybridized carbons (Fsp3) is 0.161. The summed E-state index contributed by atoms with van der Waals surface area (Å²) in [5.74, 6) is 0. The largest absolute Gasteiger partial charge is 0.361 e. The smallest absolute Gasteiger partial charge is 0.112 e. The van der Waals surface area contributed by atoms with E-state index in [0.29, 0.717) is 0 Å². The molecule has 1 aliphatic heterocycles. The first kappa shape index (κ1) is 21.7. The van der Waals surface area contributed by atoms with Gasteiger partial charge in [0.2, 0.25) is 0 Å². The Labute approximate surface area is 208 Å². The molecule has 0 saturated heterocycles. The van der Waals surface area contributed by atoms with Crippen LogP contribution in [0.4, 0.5) is 5.69 Å². The van der Waals surface area contributed by atoms with Gasteiger partial charge in [-0.1, -0.05) is 96.3 Å². The average Bonchev–Trinajstić information content (AvgIpc) is 3.46. The van der Waals surface area contributed by atoms with Crippen molar-refractivity contribution in [2.75, 3.05) is 18.6 Å². The van der Waals surface area contributed by atoms with Crippen LogP contribution in [0.5, 0.6) is 0 Å². The number of aromatic nitrogens is 1. The van der Waals surface area contributed by atoms with Crippen LogP contribution in [0.3, 0.4) is 0 Å². The maximum atomic E-state index is 2.47. The first-order valence-electron chi connectivity index (χ1n) is 12.3. The Morgan fingerprint density at radius 3 is 2.23 bits per heavy atom. The van der Waals surface area contributed by atoms with E-state index in [4.69, 9.17) is 0 Å². The molecule has 0 radical (unpaired) electrons. The zero-order valence-corrected chi connectivity index (χ0v) is 21.6. The summed E-state index contributed by atoms with van der Waals surface area (Å²) in [6.45, 7) is 6.73. The molecule has 0 N–H and O–H groups in total. The van der Waals surface area contributed by atoms with Gasteiger partial charge in [0.15, 0.2) is 0 Å². The van der Waals surface area contributed by atoms with Crippen molar-refractivity contribution in [1.29, 1.82) is 0 Å². The zero-order chi connectivity index (χ0) is 24.0. The van der Waals surface area contributed by atoms with Crippen LogP contribution in [0.2, 0.25) is 13.1 Å². The highest BCUT2D eigenvalue weighted by molar-refractivity contribution is 7.00. The third-order valence-corrected chi connectivity index (χ3v) is 11.0. The molecule has 174 valence electrons. The molecular weight excluding hydrogens is 442 g/mol. The van der Waals surface area contributed by atoms with Gasteiger partial charge >= 0.3 is 0 Å². The predicted molar refractivity (Wildman–Crippen MR) is 152 cm³/mol. The molecule has 6 rings (SSSR count). The standard InChI is InChI=1S/C31H31N3Si/c1-32-18-19-33(23-32)25-12-9-13-26(20-25)35(2,3)27-16-17-31-29(21-27)28-14-7-8-15-30(28)34(31)22-24-10-5-4-6-11-24/h4-21H,22-23H2,1-3H3.